The van der Waals surface area contributed by atoms with Gasteiger partial charge < -0.3 is 14.8 Å². The van der Waals surface area contributed by atoms with Gasteiger partial charge in [-0.3, -0.25) is 14.9 Å². The van der Waals surface area contributed by atoms with Gasteiger partial charge in [0.25, 0.3) is 5.69 Å². The number of ether oxygens (including phenoxy) is 2. The molecule has 25 heavy (non-hydrogen) atoms. The fraction of sp³-hybridized carbons (Fsp3) is 0.118. The van der Waals surface area contributed by atoms with Crippen LogP contribution in [0.5, 0.6) is 11.5 Å². The molecule has 0 saturated heterocycles. The van der Waals surface area contributed by atoms with E-state index >= 15 is 0 Å². The highest BCUT2D eigenvalue weighted by Crippen LogP contribution is 2.40. The third kappa shape index (κ3) is 3.48. The van der Waals surface area contributed by atoms with E-state index in [0.29, 0.717) is 22.6 Å². The number of nitrogens with zero attached hydrogens (tertiary/aromatic N) is 1. The number of hydrogen-bond donors (Lipinski definition) is 1. The smallest absolute Gasteiger partial charge is 0.293 e. The third-order valence-corrected chi connectivity index (χ3v) is 4.31. The molecule has 128 valence electrons. The summed E-state index contributed by atoms with van der Waals surface area (Å²) in [5.74, 6) is 0.652. The summed E-state index contributed by atoms with van der Waals surface area (Å²) in [7, 11) is 0. The Morgan fingerprint density at radius 2 is 2.12 bits per heavy atom. The Kier molecular flexibility index (Phi) is 4.71. The zero-order chi connectivity index (χ0) is 18.0. The van der Waals surface area contributed by atoms with Crippen molar-refractivity contribution >= 4 is 39.3 Å². The number of para-hydroxylation sites is 1. The number of carbonyl (C=O) groups excluding carboxylic acids is 1. The molecule has 0 aliphatic carbocycles. The van der Waals surface area contributed by atoms with E-state index in [0.717, 1.165) is 4.47 Å². The molecule has 1 aliphatic heterocycles. The van der Waals surface area contributed by atoms with Crippen LogP contribution in [0.3, 0.4) is 0 Å². The van der Waals surface area contributed by atoms with Crippen molar-refractivity contribution in [2.45, 2.75) is 6.92 Å². The molecule has 0 spiro atoms. The lowest BCUT2D eigenvalue weighted by atomic mass is 10.1. The zero-order valence-corrected chi connectivity index (χ0v) is 14.7. The first kappa shape index (κ1) is 17.0. The Bertz CT molecular complexity index is 895. The van der Waals surface area contributed by atoms with Gasteiger partial charge in [-0.15, -0.1) is 0 Å². The van der Waals surface area contributed by atoms with Crippen LogP contribution in [0.2, 0.25) is 0 Å². The minimum absolute atomic E-state index is 0.119. The number of rotatable bonds is 4. The molecule has 0 atom stereocenters. The number of benzene rings is 2. The van der Waals surface area contributed by atoms with Gasteiger partial charge in [-0.05, 0) is 30.7 Å². The van der Waals surface area contributed by atoms with Crippen molar-refractivity contribution in [3.05, 3.63) is 62.1 Å². The number of hydrogen-bond acceptors (Lipinski definition) is 5. The lowest BCUT2D eigenvalue weighted by Crippen LogP contribution is -2.11. The Hall–Kier alpha value is -2.87. The molecule has 8 heteroatoms. The van der Waals surface area contributed by atoms with E-state index in [1.807, 2.05) is 0 Å². The van der Waals surface area contributed by atoms with Crippen LogP contribution in [0.1, 0.15) is 11.1 Å². The van der Waals surface area contributed by atoms with Crippen molar-refractivity contribution < 1.29 is 19.2 Å². The van der Waals surface area contributed by atoms with E-state index in [-0.39, 0.29) is 18.2 Å². The zero-order valence-electron chi connectivity index (χ0n) is 13.1. The number of amides is 1. The van der Waals surface area contributed by atoms with Gasteiger partial charge in [0.15, 0.2) is 11.5 Å². The molecule has 1 amide bonds. The Balaban J connectivity index is 1.84. The highest BCUT2D eigenvalue weighted by Gasteiger charge is 2.19. The molecule has 1 heterocycles. The first-order valence-electron chi connectivity index (χ1n) is 7.28. The maximum absolute atomic E-state index is 12.2. The van der Waals surface area contributed by atoms with Gasteiger partial charge in [0.05, 0.1) is 4.92 Å². The fourth-order valence-electron chi connectivity index (χ4n) is 2.42. The summed E-state index contributed by atoms with van der Waals surface area (Å²) in [6, 6.07) is 8.16. The molecule has 0 fully saturated rings. The monoisotopic (exact) mass is 404 g/mol. The molecule has 0 aromatic heterocycles. The molecule has 1 N–H and O–H groups in total. The summed E-state index contributed by atoms with van der Waals surface area (Å²) >= 11 is 3.40. The lowest BCUT2D eigenvalue weighted by molar-refractivity contribution is -0.384. The SMILES string of the molecule is Cc1cccc([N+](=O)[O-])c1NC(=O)/C=C/c1c(Br)ccc2c1OCO2. The number of anilines is 1. The maximum Gasteiger partial charge on any atom is 0.293 e. The third-order valence-electron chi connectivity index (χ3n) is 3.62. The number of aryl methyl sites for hydroxylation is 1. The first-order valence-corrected chi connectivity index (χ1v) is 8.08. The van der Waals surface area contributed by atoms with Gasteiger partial charge in [0, 0.05) is 22.2 Å². The van der Waals surface area contributed by atoms with Crippen LogP contribution >= 0.6 is 15.9 Å². The molecule has 0 saturated carbocycles. The predicted octanol–water partition coefficient (Wildman–Crippen LogP) is 4.05. The van der Waals surface area contributed by atoms with Crippen molar-refractivity contribution in [2.75, 3.05) is 12.1 Å². The largest absolute Gasteiger partial charge is 0.454 e. The summed E-state index contributed by atoms with van der Waals surface area (Å²) in [6.07, 6.45) is 2.86. The molecule has 0 bridgehead atoms. The lowest BCUT2D eigenvalue weighted by Gasteiger charge is -2.07. The van der Waals surface area contributed by atoms with E-state index in [1.54, 1.807) is 37.3 Å². The second-order valence-electron chi connectivity index (χ2n) is 5.24. The highest BCUT2D eigenvalue weighted by atomic mass is 79.9. The normalized spacial score (nSPS) is 12.4. The number of fused-ring (bicyclic) bond motifs is 1. The van der Waals surface area contributed by atoms with Gasteiger partial charge in [-0.2, -0.15) is 0 Å². The fourth-order valence-corrected chi connectivity index (χ4v) is 2.86. The summed E-state index contributed by atoms with van der Waals surface area (Å²) in [5.41, 5.74) is 1.29. The summed E-state index contributed by atoms with van der Waals surface area (Å²) in [5, 5.41) is 13.7. The molecule has 2 aromatic rings. The average molecular weight is 405 g/mol. The first-order chi connectivity index (χ1) is 12.0. The van der Waals surface area contributed by atoms with Crippen LogP contribution in [0.15, 0.2) is 40.9 Å². The van der Waals surface area contributed by atoms with Crippen molar-refractivity contribution in [1.82, 2.24) is 0 Å². The second kappa shape index (κ2) is 6.94. The summed E-state index contributed by atoms with van der Waals surface area (Å²) in [4.78, 5) is 22.8. The van der Waals surface area contributed by atoms with Crippen molar-refractivity contribution in [3.8, 4) is 11.5 Å². The molecular weight excluding hydrogens is 392 g/mol. The van der Waals surface area contributed by atoms with Crippen molar-refractivity contribution in [2.24, 2.45) is 0 Å². The molecule has 1 aliphatic rings. The van der Waals surface area contributed by atoms with Crippen LogP contribution < -0.4 is 14.8 Å². The van der Waals surface area contributed by atoms with Crippen molar-refractivity contribution in [1.29, 1.82) is 0 Å². The quantitative estimate of drug-likeness (QED) is 0.471. The topological polar surface area (TPSA) is 90.7 Å². The number of carbonyl (C=O) groups is 1. The van der Waals surface area contributed by atoms with Crippen LogP contribution in [0, 0.1) is 17.0 Å². The van der Waals surface area contributed by atoms with Crippen LogP contribution in [-0.4, -0.2) is 17.6 Å². The maximum atomic E-state index is 12.2. The minimum Gasteiger partial charge on any atom is -0.454 e. The Morgan fingerprint density at radius 1 is 1.32 bits per heavy atom. The van der Waals surface area contributed by atoms with E-state index in [2.05, 4.69) is 21.2 Å². The average Bonchev–Trinajstić information content (AvgIpc) is 3.04. The number of nitro benzene ring substituents is 1. The molecular formula is C17H13BrN2O5. The highest BCUT2D eigenvalue weighted by molar-refractivity contribution is 9.10. The van der Waals surface area contributed by atoms with Gasteiger partial charge in [0.2, 0.25) is 12.7 Å². The van der Waals surface area contributed by atoms with Crippen LogP contribution in [0.4, 0.5) is 11.4 Å². The molecule has 0 radical (unpaired) electrons. The van der Waals surface area contributed by atoms with Crippen LogP contribution in [0.25, 0.3) is 6.08 Å². The molecule has 2 aromatic carbocycles. The van der Waals surface area contributed by atoms with Gasteiger partial charge in [-0.1, -0.05) is 28.1 Å². The van der Waals surface area contributed by atoms with Crippen LogP contribution in [-0.2, 0) is 4.79 Å². The minimum atomic E-state index is -0.530. The number of halogens is 1. The Labute approximate surface area is 151 Å². The predicted molar refractivity (Wildman–Crippen MR) is 95.8 cm³/mol. The Morgan fingerprint density at radius 3 is 2.88 bits per heavy atom. The van der Waals surface area contributed by atoms with Crippen molar-refractivity contribution in [3.63, 3.8) is 0 Å². The van der Waals surface area contributed by atoms with Gasteiger partial charge in [-0.25, -0.2) is 0 Å². The molecule has 0 unspecified atom stereocenters. The summed E-state index contributed by atoms with van der Waals surface area (Å²) in [6.45, 7) is 1.81. The molecule has 3 rings (SSSR count). The van der Waals surface area contributed by atoms with E-state index in [9.17, 15) is 14.9 Å². The van der Waals surface area contributed by atoms with Gasteiger partial charge >= 0.3 is 0 Å². The number of nitro groups is 1. The molecule has 7 nitrogen and oxygen atoms in total. The standard InChI is InChI=1S/C17H13BrN2O5/c1-10-3-2-4-13(20(22)23)16(10)19-15(21)8-5-11-12(18)6-7-14-17(11)25-9-24-14/h2-8H,9H2,1H3,(H,19,21)/b8-5+. The van der Waals surface area contributed by atoms with Gasteiger partial charge in [0.1, 0.15) is 5.69 Å². The second-order valence-corrected chi connectivity index (χ2v) is 6.10. The van der Waals surface area contributed by atoms with E-state index in [1.165, 1.54) is 12.1 Å². The summed E-state index contributed by atoms with van der Waals surface area (Å²) < 4.78 is 11.4. The number of nitrogens with one attached hydrogen (secondary N) is 1. The van der Waals surface area contributed by atoms with E-state index in [4.69, 9.17) is 9.47 Å². The van der Waals surface area contributed by atoms with E-state index < -0.39 is 10.8 Å².